The number of rotatable bonds is 0. The standard InChI is InChI=1S/CH2O2.Cd/c2-1-3;/h1H,(H,2,3);/q;+2/p-1. The minimum absolute atomic E-state index is 0. The third-order valence-electron chi connectivity index (χ3n) is 0. The van der Waals surface area contributed by atoms with Crippen molar-refractivity contribution in [2.24, 2.45) is 0 Å². The molecule has 0 aliphatic rings. The van der Waals surface area contributed by atoms with Crippen LogP contribution in [0.15, 0.2) is 0 Å². The molecule has 0 saturated heterocycles. The summed E-state index contributed by atoms with van der Waals surface area (Å²) in [7, 11) is 0. The summed E-state index contributed by atoms with van der Waals surface area (Å²) >= 11 is 0. The van der Waals surface area contributed by atoms with Crippen molar-refractivity contribution in [2.75, 3.05) is 0 Å². The maximum Gasteiger partial charge on any atom is 2.00 e. The Balaban J connectivity index is 0. The first-order chi connectivity index (χ1) is 1.41. The van der Waals surface area contributed by atoms with Crippen molar-refractivity contribution in [2.45, 2.75) is 0 Å². The first-order valence-corrected chi connectivity index (χ1v) is 0.471. The van der Waals surface area contributed by atoms with Gasteiger partial charge in [-0.3, -0.25) is 0 Å². The Kier molecular flexibility index (Phi) is 22.1. The van der Waals surface area contributed by atoms with E-state index in [1.165, 1.54) is 0 Å². The Morgan fingerprint density at radius 1 is 1.75 bits per heavy atom. The van der Waals surface area contributed by atoms with Crippen LogP contribution < -0.4 is 5.11 Å². The molecule has 0 heterocycles. The van der Waals surface area contributed by atoms with E-state index in [0.717, 1.165) is 0 Å². The third-order valence-corrected chi connectivity index (χ3v) is 0. The summed E-state index contributed by atoms with van der Waals surface area (Å²) in [4.78, 5) is 8.25. The van der Waals surface area contributed by atoms with Crippen LogP contribution in [-0.4, -0.2) is 6.47 Å². The number of hydrogen-bond acceptors (Lipinski definition) is 2. The SMILES string of the molecule is O=C[O-].[Cd+2]. The van der Waals surface area contributed by atoms with E-state index in [2.05, 4.69) is 0 Å². The van der Waals surface area contributed by atoms with Gasteiger partial charge in [-0.1, -0.05) is 0 Å². The molecule has 0 aliphatic heterocycles. The second-order valence-electron chi connectivity index (χ2n) is 0.0962. The van der Waals surface area contributed by atoms with Gasteiger partial charge in [0.1, 0.15) is 0 Å². The molecule has 3 heteroatoms. The topological polar surface area (TPSA) is 40.1 Å². The van der Waals surface area contributed by atoms with Gasteiger partial charge >= 0.3 is 27.3 Å². The van der Waals surface area contributed by atoms with E-state index in [9.17, 15) is 0 Å². The maximum absolute atomic E-state index is 8.25. The van der Waals surface area contributed by atoms with Gasteiger partial charge in [0, 0.05) is 6.47 Å². The Morgan fingerprint density at radius 3 is 1.75 bits per heavy atom. The fourth-order valence-electron chi connectivity index (χ4n) is 0. The molecule has 0 rings (SSSR count). The van der Waals surface area contributed by atoms with E-state index in [1.54, 1.807) is 0 Å². The summed E-state index contributed by atoms with van der Waals surface area (Å²) < 4.78 is 0. The zero-order chi connectivity index (χ0) is 2.71. The Morgan fingerprint density at radius 2 is 1.75 bits per heavy atom. The summed E-state index contributed by atoms with van der Waals surface area (Å²) in [6, 6.07) is 0. The van der Waals surface area contributed by atoms with Crippen molar-refractivity contribution in [1.29, 1.82) is 0 Å². The molecule has 0 amide bonds. The molecule has 0 aromatic heterocycles. The van der Waals surface area contributed by atoms with Crippen LogP contribution in [0.5, 0.6) is 0 Å². The smallest absolute Gasteiger partial charge is 0.554 e. The fourth-order valence-corrected chi connectivity index (χ4v) is 0. The van der Waals surface area contributed by atoms with Crippen molar-refractivity contribution in [3.05, 3.63) is 0 Å². The molecular weight excluding hydrogens is 156 g/mol. The summed E-state index contributed by atoms with van der Waals surface area (Å²) in [6.07, 6.45) is 0. The predicted molar refractivity (Wildman–Crippen MR) is 6.06 cm³/mol. The number of carboxylic acid groups (broad SMARTS) is 1. The van der Waals surface area contributed by atoms with Gasteiger partial charge in [-0.25, -0.2) is 0 Å². The quantitative estimate of drug-likeness (QED) is 0.313. The molecule has 0 radical (unpaired) electrons. The van der Waals surface area contributed by atoms with Gasteiger partial charge in [-0.15, -0.1) is 0 Å². The van der Waals surface area contributed by atoms with E-state index < -0.39 is 6.47 Å². The molecule has 0 bridgehead atoms. The average Bonchev–Trinajstić information content (AvgIpc) is 0.918. The molecule has 0 N–H and O–H groups in total. The monoisotopic (exact) mass is 159 g/mol. The van der Waals surface area contributed by atoms with Crippen LogP contribution >= 0.6 is 0 Å². The molecule has 0 fully saturated rings. The molecule has 0 aliphatic carbocycles. The molecule has 4 heavy (non-hydrogen) atoms. The van der Waals surface area contributed by atoms with Crippen LogP contribution in [0.4, 0.5) is 0 Å². The normalized spacial score (nSPS) is 3.00. The van der Waals surface area contributed by atoms with Gasteiger partial charge in [0.25, 0.3) is 0 Å². The van der Waals surface area contributed by atoms with Crippen molar-refractivity contribution in [1.82, 2.24) is 0 Å². The minimum Gasteiger partial charge on any atom is -0.554 e. The Bertz CT molecular complexity index is 13.5. The Labute approximate surface area is 44.0 Å². The van der Waals surface area contributed by atoms with Gasteiger partial charge in [-0.05, 0) is 0 Å². The Hall–Kier alpha value is 0.392. The average molecular weight is 157 g/mol. The molecule has 0 aromatic rings. The summed E-state index contributed by atoms with van der Waals surface area (Å²) in [5, 5.41) is 8.25. The van der Waals surface area contributed by atoms with E-state index in [4.69, 9.17) is 9.90 Å². The summed E-state index contributed by atoms with van der Waals surface area (Å²) in [6.45, 7) is -0.500. The number of carbonyl (C=O) groups excluding carboxylic acids is 1. The van der Waals surface area contributed by atoms with Crippen LogP contribution in [0.25, 0.3) is 0 Å². The van der Waals surface area contributed by atoms with Gasteiger partial charge in [0.2, 0.25) is 0 Å². The summed E-state index contributed by atoms with van der Waals surface area (Å²) in [5.41, 5.74) is 0. The molecule has 0 spiro atoms. The minimum atomic E-state index is -0.500. The second kappa shape index (κ2) is 10.0. The number of hydrogen-bond donors (Lipinski definition) is 0. The van der Waals surface area contributed by atoms with Crippen LogP contribution in [-0.2, 0) is 32.1 Å². The second-order valence-corrected chi connectivity index (χ2v) is 0.0962. The predicted octanol–water partition coefficient (Wildman–Crippen LogP) is -1.64. The van der Waals surface area contributed by atoms with Crippen molar-refractivity contribution >= 4 is 6.47 Å². The van der Waals surface area contributed by atoms with Crippen LogP contribution in [0.3, 0.4) is 0 Å². The van der Waals surface area contributed by atoms with Crippen molar-refractivity contribution < 1.29 is 37.2 Å². The van der Waals surface area contributed by atoms with Crippen LogP contribution in [0.1, 0.15) is 0 Å². The number of carbonyl (C=O) groups is 1. The van der Waals surface area contributed by atoms with Crippen molar-refractivity contribution in [3.8, 4) is 0 Å². The molecule has 2 nitrogen and oxygen atoms in total. The zero-order valence-electron chi connectivity index (χ0n) is 2.10. The first-order valence-electron chi connectivity index (χ1n) is 0.471. The molecule has 0 atom stereocenters. The maximum atomic E-state index is 8.25. The molecule has 0 unspecified atom stereocenters. The van der Waals surface area contributed by atoms with E-state index in [-0.39, 0.29) is 27.3 Å². The summed E-state index contributed by atoms with van der Waals surface area (Å²) in [5.74, 6) is 0. The zero-order valence-corrected chi connectivity index (χ0v) is 6.14. The fraction of sp³-hybridized carbons (Fsp3) is 0. The van der Waals surface area contributed by atoms with Crippen LogP contribution in [0, 0.1) is 0 Å². The van der Waals surface area contributed by atoms with Gasteiger partial charge < -0.3 is 9.90 Å². The first kappa shape index (κ1) is 8.83. The van der Waals surface area contributed by atoms with Crippen molar-refractivity contribution in [3.63, 3.8) is 0 Å². The molecule has 18 valence electrons. The van der Waals surface area contributed by atoms with Gasteiger partial charge in [-0.2, -0.15) is 0 Å². The van der Waals surface area contributed by atoms with Crippen LogP contribution in [0.2, 0.25) is 0 Å². The van der Waals surface area contributed by atoms with Gasteiger partial charge in [0.15, 0.2) is 0 Å². The van der Waals surface area contributed by atoms with E-state index in [1.807, 2.05) is 0 Å². The molecule has 0 saturated carbocycles. The largest absolute Gasteiger partial charge is 2.00 e. The van der Waals surface area contributed by atoms with Gasteiger partial charge in [0.05, 0.1) is 0 Å². The molecular formula is CHCdO2+. The van der Waals surface area contributed by atoms with E-state index >= 15 is 0 Å². The third kappa shape index (κ3) is 30.2. The molecule has 0 aromatic carbocycles. The van der Waals surface area contributed by atoms with E-state index in [0.29, 0.717) is 0 Å².